The van der Waals surface area contributed by atoms with Crippen LogP contribution in [0.3, 0.4) is 0 Å². The number of rotatable bonds is 2. The van der Waals surface area contributed by atoms with Crippen LogP contribution in [0, 0.1) is 0 Å². The molecule has 18 heavy (non-hydrogen) atoms. The van der Waals surface area contributed by atoms with E-state index < -0.39 is 17.2 Å². The molecule has 2 heterocycles. The standard InChI is InChI=1S/C9H10ClN5O3/c1-13-7-6(8(17)14(2)9(13)18)15(4-11-7)3-5(16)12-10/h4H,3H2,1-2H3,(H,12,16). The lowest BCUT2D eigenvalue weighted by molar-refractivity contribution is -0.119. The summed E-state index contributed by atoms with van der Waals surface area (Å²) in [4.78, 5) is 40.7. The minimum absolute atomic E-state index is 0.145. The molecule has 2 aromatic rings. The zero-order chi connectivity index (χ0) is 13.4. The fourth-order valence-electron chi connectivity index (χ4n) is 1.70. The zero-order valence-electron chi connectivity index (χ0n) is 9.68. The van der Waals surface area contributed by atoms with E-state index in [9.17, 15) is 14.4 Å². The van der Waals surface area contributed by atoms with E-state index in [1.807, 2.05) is 4.84 Å². The molecule has 0 saturated heterocycles. The number of nitrogens with zero attached hydrogens (tertiary/aromatic N) is 4. The predicted molar refractivity (Wildman–Crippen MR) is 64.2 cm³/mol. The monoisotopic (exact) mass is 271 g/mol. The van der Waals surface area contributed by atoms with E-state index in [1.165, 1.54) is 29.6 Å². The fraction of sp³-hybridized carbons (Fsp3) is 0.333. The van der Waals surface area contributed by atoms with Crippen LogP contribution >= 0.6 is 11.8 Å². The van der Waals surface area contributed by atoms with Gasteiger partial charge in [0.2, 0.25) is 0 Å². The summed E-state index contributed by atoms with van der Waals surface area (Å²) in [7, 11) is 2.87. The lowest BCUT2D eigenvalue weighted by atomic mass is 10.5. The number of aryl methyl sites for hydroxylation is 1. The van der Waals surface area contributed by atoms with Crippen LogP contribution in [0.1, 0.15) is 0 Å². The molecule has 0 spiro atoms. The Labute approximate surface area is 106 Å². The average Bonchev–Trinajstić information content (AvgIpc) is 2.77. The summed E-state index contributed by atoms with van der Waals surface area (Å²) in [6, 6.07) is 0. The highest BCUT2D eigenvalue weighted by Crippen LogP contribution is 2.04. The maximum Gasteiger partial charge on any atom is 0.332 e. The van der Waals surface area contributed by atoms with Crippen LogP contribution in [0.2, 0.25) is 0 Å². The van der Waals surface area contributed by atoms with Gasteiger partial charge in [-0.3, -0.25) is 23.6 Å². The van der Waals surface area contributed by atoms with Crippen LogP contribution in [0.15, 0.2) is 15.9 Å². The molecular weight excluding hydrogens is 262 g/mol. The van der Waals surface area contributed by atoms with Crippen molar-refractivity contribution in [2.24, 2.45) is 14.1 Å². The smallest absolute Gasteiger partial charge is 0.315 e. The largest absolute Gasteiger partial charge is 0.332 e. The van der Waals surface area contributed by atoms with Crippen LogP contribution in [-0.4, -0.2) is 24.6 Å². The normalized spacial score (nSPS) is 10.8. The maximum absolute atomic E-state index is 12.0. The third-order valence-corrected chi connectivity index (χ3v) is 2.85. The zero-order valence-corrected chi connectivity index (χ0v) is 10.4. The lowest BCUT2D eigenvalue weighted by Crippen LogP contribution is -2.37. The second kappa shape index (κ2) is 4.30. The van der Waals surface area contributed by atoms with Crippen molar-refractivity contribution in [2.75, 3.05) is 0 Å². The Balaban J connectivity index is 2.78. The number of carbonyl (C=O) groups excluding carboxylic acids is 1. The SMILES string of the molecule is Cn1c(=O)c2c(ncn2CC(=O)NCl)n(C)c1=O. The first kappa shape index (κ1) is 12.4. The van der Waals surface area contributed by atoms with Crippen molar-refractivity contribution in [3.05, 3.63) is 27.2 Å². The first-order valence-corrected chi connectivity index (χ1v) is 5.35. The van der Waals surface area contributed by atoms with Gasteiger partial charge >= 0.3 is 5.69 Å². The van der Waals surface area contributed by atoms with Crippen LogP contribution in [0.4, 0.5) is 0 Å². The minimum atomic E-state index is -0.507. The molecule has 0 atom stereocenters. The van der Waals surface area contributed by atoms with E-state index in [2.05, 4.69) is 4.98 Å². The van der Waals surface area contributed by atoms with Crippen LogP contribution in [0.5, 0.6) is 0 Å². The Morgan fingerprint density at radius 3 is 2.67 bits per heavy atom. The van der Waals surface area contributed by atoms with E-state index in [0.717, 1.165) is 4.57 Å². The third-order valence-electron chi connectivity index (χ3n) is 2.64. The highest BCUT2D eigenvalue weighted by atomic mass is 35.5. The highest BCUT2D eigenvalue weighted by Gasteiger charge is 2.15. The summed E-state index contributed by atoms with van der Waals surface area (Å²) in [5, 5.41) is 0. The topological polar surface area (TPSA) is 90.9 Å². The number of hydrogen-bond acceptors (Lipinski definition) is 4. The van der Waals surface area contributed by atoms with E-state index >= 15 is 0 Å². The van der Waals surface area contributed by atoms with Crippen molar-refractivity contribution in [3.63, 3.8) is 0 Å². The Kier molecular flexibility index (Phi) is 2.95. The summed E-state index contributed by atoms with van der Waals surface area (Å²) < 4.78 is 3.54. The number of hydrogen-bond donors (Lipinski definition) is 1. The van der Waals surface area contributed by atoms with E-state index in [1.54, 1.807) is 0 Å². The fourth-order valence-corrected chi connectivity index (χ4v) is 1.76. The van der Waals surface area contributed by atoms with Gasteiger partial charge in [-0.2, -0.15) is 0 Å². The first-order valence-electron chi connectivity index (χ1n) is 4.97. The molecule has 0 radical (unpaired) electrons. The van der Waals surface area contributed by atoms with Gasteiger partial charge in [-0.05, 0) is 0 Å². The number of amides is 1. The van der Waals surface area contributed by atoms with Gasteiger partial charge in [0, 0.05) is 25.9 Å². The Morgan fingerprint density at radius 1 is 1.39 bits per heavy atom. The molecule has 0 bridgehead atoms. The van der Waals surface area contributed by atoms with Gasteiger partial charge in [0.15, 0.2) is 11.2 Å². The summed E-state index contributed by atoms with van der Waals surface area (Å²) >= 11 is 5.18. The predicted octanol–water partition coefficient (Wildman–Crippen LogP) is -1.30. The van der Waals surface area contributed by atoms with Gasteiger partial charge in [-0.1, -0.05) is 0 Å². The molecular formula is C9H10ClN5O3. The molecule has 0 saturated carbocycles. The number of carbonyl (C=O) groups is 1. The molecule has 0 aliphatic rings. The van der Waals surface area contributed by atoms with E-state index in [-0.39, 0.29) is 17.7 Å². The average molecular weight is 272 g/mol. The third kappa shape index (κ3) is 1.70. The minimum Gasteiger partial charge on any atom is -0.315 e. The number of nitrogens with one attached hydrogen (secondary N) is 1. The van der Waals surface area contributed by atoms with E-state index in [4.69, 9.17) is 11.8 Å². The van der Waals surface area contributed by atoms with Gasteiger partial charge < -0.3 is 4.57 Å². The van der Waals surface area contributed by atoms with Gasteiger partial charge in [-0.15, -0.1) is 0 Å². The number of imidazole rings is 1. The Morgan fingerprint density at radius 2 is 2.06 bits per heavy atom. The van der Waals surface area contributed by atoms with Crippen molar-refractivity contribution in [3.8, 4) is 0 Å². The second-order valence-corrected chi connectivity index (χ2v) is 3.96. The van der Waals surface area contributed by atoms with Gasteiger partial charge in [-0.25, -0.2) is 9.78 Å². The molecule has 0 aromatic carbocycles. The molecule has 2 aromatic heterocycles. The lowest BCUT2D eigenvalue weighted by Gasteiger charge is -2.05. The Hall–Kier alpha value is -2.09. The molecule has 1 N–H and O–H groups in total. The van der Waals surface area contributed by atoms with Crippen molar-refractivity contribution < 1.29 is 4.79 Å². The highest BCUT2D eigenvalue weighted by molar-refractivity contribution is 6.21. The van der Waals surface area contributed by atoms with Crippen molar-refractivity contribution >= 4 is 28.8 Å². The molecule has 1 amide bonds. The van der Waals surface area contributed by atoms with Crippen LogP contribution < -0.4 is 16.1 Å². The van der Waals surface area contributed by atoms with Crippen molar-refractivity contribution in [2.45, 2.75) is 6.54 Å². The molecule has 2 rings (SSSR count). The molecule has 9 heteroatoms. The summed E-state index contributed by atoms with van der Waals surface area (Å²) in [6.45, 7) is -0.145. The van der Waals surface area contributed by atoms with Crippen LogP contribution in [0.25, 0.3) is 11.2 Å². The summed E-state index contributed by atoms with van der Waals surface area (Å²) in [5.74, 6) is -0.480. The molecule has 0 aliphatic carbocycles. The van der Waals surface area contributed by atoms with E-state index in [0.29, 0.717) is 0 Å². The number of halogens is 1. The van der Waals surface area contributed by atoms with Gasteiger partial charge in [0.25, 0.3) is 11.5 Å². The number of aromatic nitrogens is 4. The van der Waals surface area contributed by atoms with Crippen molar-refractivity contribution in [1.29, 1.82) is 0 Å². The molecule has 0 unspecified atom stereocenters. The molecule has 96 valence electrons. The molecule has 0 fully saturated rings. The molecule has 8 nitrogen and oxygen atoms in total. The maximum atomic E-state index is 12.0. The molecule has 0 aliphatic heterocycles. The van der Waals surface area contributed by atoms with Crippen LogP contribution in [-0.2, 0) is 25.4 Å². The second-order valence-electron chi connectivity index (χ2n) is 3.77. The quantitative estimate of drug-likeness (QED) is 0.688. The number of fused-ring (bicyclic) bond motifs is 1. The summed E-state index contributed by atoms with van der Waals surface area (Å²) in [5.41, 5.74) is -0.571. The first-order chi connectivity index (χ1) is 8.47. The van der Waals surface area contributed by atoms with Crippen molar-refractivity contribution in [1.82, 2.24) is 23.5 Å². The Bertz CT molecular complexity index is 741. The summed E-state index contributed by atoms with van der Waals surface area (Å²) in [6.07, 6.45) is 1.32. The van der Waals surface area contributed by atoms with Gasteiger partial charge in [0.1, 0.15) is 6.54 Å². The van der Waals surface area contributed by atoms with Gasteiger partial charge in [0.05, 0.1) is 6.33 Å².